The van der Waals surface area contributed by atoms with E-state index in [1.54, 1.807) is 0 Å². The van der Waals surface area contributed by atoms with Gasteiger partial charge in [-0.3, -0.25) is 10.1 Å². The molecule has 1 aliphatic heterocycles. The van der Waals surface area contributed by atoms with Gasteiger partial charge >= 0.3 is 0 Å². The Bertz CT molecular complexity index is 436. The van der Waals surface area contributed by atoms with Crippen LogP contribution in [0.15, 0.2) is 12.3 Å². The summed E-state index contributed by atoms with van der Waals surface area (Å²) in [6, 6.07) is 1.25. The van der Waals surface area contributed by atoms with E-state index in [-0.39, 0.29) is 16.6 Å². The fourth-order valence-corrected chi connectivity index (χ4v) is 2.12. The van der Waals surface area contributed by atoms with Crippen LogP contribution in [0, 0.1) is 16.0 Å². The summed E-state index contributed by atoms with van der Waals surface area (Å²) >= 11 is 5.86. The Morgan fingerprint density at radius 3 is 3.11 bits per heavy atom. The number of halogens is 1. The third kappa shape index (κ3) is 3.30. The van der Waals surface area contributed by atoms with Gasteiger partial charge in [0.2, 0.25) is 5.88 Å². The largest absolute Gasteiger partial charge is 0.477 e. The van der Waals surface area contributed by atoms with Crippen molar-refractivity contribution in [1.29, 1.82) is 0 Å². The molecule has 0 saturated carbocycles. The average Bonchev–Trinajstić information content (AvgIpc) is 2.84. The first kappa shape index (κ1) is 13.0. The molecule has 2 rings (SSSR count). The van der Waals surface area contributed by atoms with Crippen molar-refractivity contribution in [3.8, 4) is 5.88 Å². The number of nitrogens with one attached hydrogen (secondary N) is 1. The van der Waals surface area contributed by atoms with Gasteiger partial charge in [-0.25, -0.2) is 4.98 Å². The van der Waals surface area contributed by atoms with E-state index in [1.165, 1.54) is 6.07 Å². The Balaban J connectivity index is 1.87. The van der Waals surface area contributed by atoms with Crippen molar-refractivity contribution in [3.05, 3.63) is 27.4 Å². The number of hydrogen-bond acceptors (Lipinski definition) is 5. The third-order valence-electron chi connectivity index (χ3n) is 2.93. The molecule has 0 amide bonds. The average molecular weight is 272 g/mol. The van der Waals surface area contributed by atoms with Crippen molar-refractivity contribution < 1.29 is 9.66 Å². The Kier molecular flexibility index (Phi) is 4.33. The van der Waals surface area contributed by atoms with Gasteiger partial charge in [0.05, 0.1) is 11.5 Å². The van der Waals surface area contributed by atoms with E-state index < -0.39 is 4.92 Å². The number of nitrogens with zero attached hydrogens (tertiary/aromatic N) is 2. The highest BCUT2D eigenvalue weighted by Gasteiger charge is 2.15. The van der Waals surface area contributed by atoms with Crippen molar-refractivity contribution in [1.82, 2.24) is 10.3 Å². The predicted octanol–water partition coefficient (Wildman–Crippen LogP) is 2.02. The van der Waals surface area contributed by atoms with Crippen LogP contribution in [0.25, 0.3) is 0 Å². The van der Waals surface area contributed by atoms with Gasteiger partial charge in [-0.1, -0.05) is 11.6 Å². The fraction of sp³-hybridized carbons (Fsp3) is 0.545. The summed E-state index contributed by atoms with van der Waals surface area (Å²) in [5.41, 5.74) is -0.132. The van der Waals surface area contributed by atoms with E-state index in [1.807, 2.05) is 0 Å². The third-order valence-corrected chi connectivity index (χ3v) is 3.20. The highest BCUT2D eigenvalue weighted by Crippen LogP contribution is 2.26. The van der Waals surface area contributed by atoms with E-state index in [0.717, 1.165) is 32.1 Å². The summed E-state index contributed by atoms with van der Waals surface area (Å²) in [5.74, 6) is 0.884. The molecule has 98 valence electrons. The van der Waals surface area contributed by atoms with Crippen LogP contribution in [0.2, 0.25) is 5.02 Å². The van der Waals surface area contributed by atoms with E-state index in [0.29, 0.717) is 12.5 Å². The van der Waals surface area contributed by atoms with Crippen LogP contribution in [-0.2, 0) is 0 Å². The standard InChI is InChI=1S/C11H14ClN3O3/c12-10-5-9(15(16)17)7-14-11(10)18-4-2-8-1-3-13-6-8/h5,7-8,13H,1-4,6H2. The summed E-state index contributed by atoms with van der Waals surface area (Å²) in [6.45, 7) is 2.60. The number of hydrogen-bond donors (Lipinski definition) is 1. The van der Waals surface area contributed by atoms with Gasteiger partial charge in [-0.15, -0.1) is 0 Å². The minimum Gasteiger partial charge on any atom is -0.477 e. The monoisotopic (exact) mass is 271 g/mol. The molecule has 18 heavy (non-hydrogen) atoms. The maximum Gasteiger partial charge on any atom is 0.289 e. The van der Waals surface area contributed by atoms with E-state index >= 15 is 0 Å². The van der Waals surface area contributed by atoms with Crippen molar-refractivity contribution >= 4 is 17.3 Å². The second kappa shape index (κ2) is 5.97. The van der Waals surface area contributed by atoms with Crippen LogP contribution in [0.4, 0.5) is 5.69 Å². The van der Waals surface area contributed by atoms with Crippen molar-refractivity contribution in [2.24, 2.45) is 5.92 Å². The van der Waals surface area contributed by atoms with Crippen LogP contribution in [0.1, 0.15) is 12.8 Å². The molecule has 0 aliphatic carbocycles. The number of aromatic nitrogens is 1. The molecular weight excluding hydrogens is 258 g/mol. The quantitative estimate of drug-likeness (QED) is 0.655. The maximum absolute atomic E-state index is 10.5. The molecule has 0 bridgehead atoms. The molecule has 1 N–H and O–H groups in total. The summed E-state index contributed by atoms with van der Waals surface area (Å²) in [6.07, 6.45) is 3.24. The van der Waals surface area contributed by atoms with Gasteiger partial charge in [-0.05, 0) is 31.8 Å². The summed E-state index contributed by atoms with van der Waals surface area (Å²) in [4.78, 5) is 13.8. The van der Waals surface area contributed by atoms with Gasteiger partial charge in [0.1, 0.15) is 11.2 Å². The van der Waals surface area contributed by atoms with Crippen molar-refractivity contribution in [3.63, 3.8) is 0 Å². The summed E-state index contributed by atoms with van der Waals surface area (Å²) < 4.78 is 5.44. The first-order valence-corrected chi connectivity index (χ1v) is 6.18. The molecule has 0 aromatic carbocycles. The molecule has 6 nitrogen and oxygen atoms in total. The number of nitro groups is 1. The molecule has 1 aliphatic rings. The predicted molar refractivity (Wildman–Crippen MR) is 67.0 cm³/mol. The minimum atomic E-state index is -0.535. The zero-order valence-corrected chi connectivity index (χ0v) is 10.5. The van der Waals surface area contributed by atoms with Crippen molar-refractivity contribution in [2.45, 2.75) is 12.8 Å². The SMILES string of the molecule is O=[N+]([O-])c1cnc(OCCC2CCNC2)c(Cl)c1. The first-order valence-electron chi connectivity index (χ1n) is 5.80. The van der Waals surface area contributed by atoms with Crippen LogP contribution in [0.5, 0.6) is 5.88 Å². The molecule has 1 unspecified atom stereocenters. The van der Waals surface area contributed by atoms with Gasteiger partial charge in [0.15, 0.2) is 0 Å². The van der Waals surface area contributed by atoms with Gasteiger partial charge in [0, 0.05) is 6.07 Å². The topological polar surface area (TPSA) is 77.3 Å². The minimum absolute atomic E-state index is 0.132. The summed E-state index contributed by atoms with van der Waals surface area (Å²) in [7, 11) is 0. The number of rotatable bonds is 5. The molecule has 1 aromatic rings. The molecule has 1 atom stereocenters. The zero-order chi connectivity index (χ0) is 13.0. The first-order chi connectivity index (χ1) is 8.66. The molecule has 1 fully saturated rings. The summed E-state index contributed by atoms with van der Waals surface area (Å²) in [5, 5.41) is 14.0. The van der Waals surface area contributed by atoms with Gasteiger partial charge in [-0.2, -0.15) is 0 Å². The lowest BCUT2D eigenvalue weighted by molar-refractivity contribution is -0.385. The Labute approximate surface area is 109 Å². The lowest BCUT2D eigenvalue weighted by atomic mass is 10.1. The normalized spacial score (nSPS) is 18.8. The Hall–Kier alpha value is -1.40. The van der Waals surface area contributed by atoms with Gasteiger partial charge in [0.25, 0.3) is 5.69 Å². The number of ether oxygens (including phenoxy) is 1. The molecule has 0 spiro atoms. The van der Waals surface area contributed by atoms with E-state index in [2.05, 4.69) is 10.3 Å². The van der Waals surface area contributed by atoms with Crippen molar-refractivity contribution in [2.75, 3.05) is 19.7 Å². The Morgan fingerprint density at radius 2 is 2.50 bits per heavy atom. The molecular formula is C11H14ClN3O3. The maximum atomic E-state index is 10.5. The second-order valence-corrected chi connectivity index (χ2v) is 4.64. The second-order valence-electron chi connectivity index (χ2n) is 4.23. The van der Waals surface area contributed by atoms with Crippen LogP contribution in [-0.4, -0.2) is 29.6 Å². The molecule has 1 saturated heterocycles. The molecule has 1 aromatic heterocycles. The van der Waals surface area contributed by atoms with Gasteiger partial charge < -0.3 is 10.1 Å². The van der Waals surface area contributed by atoms with Crippen LogP contribution in [0.3, 0.4) is 0 Å². The molecule has 7 heteroatoms. The highest BCUT2D eigenvalue weighted by molar-refractivity contribution is 6.32. The fourth-order valence-electron chi connectivity index (χ4n) is 1.90. The smallest absolute Gasteiger partial charge is 0.289 e. The molecule has 2 heterocycles. The lowest BCUT2D eigenvalue weighted by Crippen LogP contribution is -2.12. The highest BCUT2D eigenvalue weighted by atomic mass is 35.5. The number of pyridine rings is 1. The van der Waals surface area contributed by atoms with E-state index in [9.17, 15) is 10.1 Å². The Morgan fingerprint density at radius 1 is 1.67 bits per heavy atom. The van der Waals surface area contributed by atoms with E-state index in [4.69, 9.17) is 16.3 Å². The molecule has 0 radical (unpaired) electrons. The van der Waals surface area contributed by atoms with Crippen LogP contribution >= 0.6 is 11.6 Å². The lowest BCUT2D eigenvalue weighted by Gasteiger charge is -2.09. The van der Waals surface area contributed by atoms with Crippen LogP contribution < -0.4 is 10.1 Å². The zero-order valence-electron chi connectivity index (χ0n) is 9.76.